The van der Waals surface area contributed by atoms with Crippen LogP contribution in [0, 0.1) is 0 Å². The second-order valence-electron chi connectivity index (χ2n) is 13.0. The summed E-state index contributed by atoms with van der Waals surface area (Å²) >= 11 is 6.44. The molecule has 7 N–H and O–H groups in total. The number of carbonyl (C=O) groups excluding carboxylic acids is 3. The standard InChI is InChI=1S/C35H41ClN4O10.C2H6.C2H4/c1-18(42)28(17-41)49-33(32(45)46)48-27-13-26-30(23-8-6-5-7-22(23)27)20(14-36)16-40(26)31(44)25-12-19-11-21(9-10-24(19)39-25)38-29(43)15-37-34(47)50-35(2,3)4;2*1-2/h5-13,18,20,28,32-33,39,41-42,45-46H,14-17H2,1-4H3,(H,37,47)(H,38,43);1-2H3;1-2H2/t18-,20?,28?,33?;;/m1../s1. The van der Waals surface area contributed by atoms with Gasteiger partial charge in [-0.25, -0.2) is 4.79 Å². The zero-order chi connectivity index (χ0) is 40.3. The highest BCUT2D eigenvalue weighted by molar-refractivity contribution is 6.19. The van der Waals surface area contributed by atoms with Gasteiger partial charge in [0.05, 0.1) is 18.4 Å². The van der Waals surface area contributed by atoms with E-state index in [4.69, 9.17) is 25.8 Å². The molecule has 3 amide bonds. The Balaban J connectivity index is 0.00000190. The summed E-state index contributed by atoms with van der Waals surface area (Å²) < 4.78 is 16.6. The number of nitrogens with one attached hydrogen (secondary N) is 3. The summed E-state index contributed by atoms with van der Waals surface area (Å²) in [5.74, 6) is -0.682. The Morgan fingerprint density at radius 2 is 1.70 bits per heavy atom. The highest BCUT2D eigenvalue weighted by Crippen LogP contribution is 2.46. The molecule has 0 radical (unpaired) electrons. The summed E-state index contributed by atoms with van der Waals surface area (Å²) in [6.45, 7) is 15.9. The second kappa shape index (κ2) is 19.6. The van der Waals surface area contributed by atoms with E-state index in [9.17, 15) is 34.8 Å². The van der Waals surface area contributed by atoms with Gasteiger partial charge in [-0.3, -0.25) is 9.59 Å². The first-order valence-corrected chi connectivity index (χ1v) is 18.0. The van der Waals surface area contributed by atoms with Crippen LogP contribution in [0.5, 0.6) is 5.75 Å². The van der Waals surface area contributed by atoms with Crippen molar-refractivity contribution in [1.29, 1.82) is 0 Å². The molecule has 54 heavy (non-hydrogen) atoms. The van der Waals surface area contributed by atoms with Crippen LogP contribution < -0.4 is 20.3 Å². The van der Waals surface area contributed by atoms with Gasteiger partial charge in [0.25, 0.3) is 12.2 Å². The maximum absolute atomic E-state index is 14.1. The number of alkyl halides is 1. The van der Waals surface area contributed by atoms with E-state index in [-0.39, 0.29) is 42.2 Å². The number of halogens is 1. The largest absolute Gasteiger partial charge is 0.459 e. The SMILES string of the molecule is C=C.CC.C[C@@H](O)C(CO)OC(Oc1cc2c(c3ccccc13)C(CCl)CN2C(=O)c1cc2cc(NC(=O)CNC(=O)OC(C)(C)C)ccc2[nH]1)C(O)O. The molecule has 0 saturated carbocycles. The van der Waals surface area contributed by atoms with Gasteiger partial charge in [-0.15, -0.1) is 24.8 Å². The quantitative estimate of drug-likeness (QED) is 0.0558. The number of rotatable bonds is 12. The Hall–Kier alpha value is -4.70. The van der Waals surface area contributed by atoms with Crippen LogP contribution in [0.15, 0.2) is 67.8 Å². The van der Waals surface area contributed by atoms with Crippen LogP contribution in [0.3, 0.4) is 0 Å². The molecule has 15 heteroatoms. The number of nitrogens with zero attached hydrogens (tertiary/aromatic N) is 1. The number of fused-ring (bicyclic) bond motifs is 4. The van der Waals surface area contributed by atoms with Crippen molar-refractivity contribution in [2.45, 2.75) is 77.8 Å². The Kier molecular flexibility index (Phi) is 15.8. The molecule has 4 aromatic rings. The molecule has 0 bridgehead atoms. The summed E-state index contributed by atoms with van der Waals surface area (Å²) in [6, 6.07) is 15.6. The number of hydrogen-bond donors (Lipinski definition) is 7. The number of anilines is 2. The molecule has 0 fully saturated rings. The Labute approximate surface area is 319 Å². The average Bonchev–Trinajstić information content (AvgIpc) is 3.74. The molecule has 2 heterocycles. The number of aromatic nitrogens is 1. The fourth-order valence-electron chi connectivity index (χ4n) is 5.74. The molecule has 4 atom stereocenters. The minimum atomic E-state index is -2.13. The smallest absolute Gasteiger partial charge is 0.408 e. The van der Waals surface area contributed by atoms with Gasteiger partial charge in [-0.05, 0) is 62.9 Å². The van der Waals surface area contributed by atoms with Gasteiger partial charge in [0.2, 0.25) is 12.2 Å². The molecule has 5 rings (SSSR count). The van der Waals surface area contributed by atoms with Crippen molar-refractivity contribution >= 4 is 62.6 Å². The lowest BCUT2D eigenvalue weighted by Gasteiger charge is -2.28. The summed E-state index contributed by atoms with van der Waals surface area (Å²) in [5, 5.41) is 46.8. The van der Waals surface area contributed by atoms with Gasteiger partial charge in [0, 0.05) is 46.4 Å². The minimum absolute atomic E-state index is 0.172. The molecule has 294 valence electrons. The molecule has 3 aromatic carbocycles. The van der Waals surface area contributed by atoms with Crippen LogP contribution in [0.2, 0.25) is 0 Å². The van der Waals surface area contributed by atoms with Gasteiger partial charge in [0.1, 0.15) is 29.7 Å². The molecule has 3 unspecified atom stereocenters. The van der Waals surface area contributed by atoms with E-state index in [2.05, 4.69) is 28.8 Å². The van der Waals surface area contributed by atoms with Crippen LogP contribution in [0.25, 0.3) is 21.7 Å². The number of aliphatic hydroxyl groups is 4. The maximum atomic E-state index is 14.1. The number of hydrogen-bond acceptors (Lipinski definition) is 10. The number of ether oxygens (including phenoxy) is 3. The summed E-state index contributed by atoms with van der Waals surface area (Å²) in [5.41, 5.74) is 1.97. The third-order valence-corrected chi connectivity index (χ3v) is 8.37. The van der Waals surface area contributed by atoms with Crippen LogP contribution in [-0.2, 0) is 14.3 Å². The van der Waals surface area contributed by atoms with Gasteiger partial charge >= 0.3 is 6.09 Å². The molecule has 0 spiro atoms. The molecule has 1 aromatic heterocycles. The average molecular weight is 771 g/mol. The Morgan fingerprint density at radius 1 is 1.04 bits per heavy atom. The Morgan fingerprint density at radius 3 is 2.30 bits per heavy atom. The van der Waals surface area contributed by atoms with Crippen molar-refractivity contribution in [2.75, 3.05) is 35.8 Å². The molecule has 1 aliphatic heterocycles. The first-order chi connectivity index (χ1) is 25.7. The first kappa shape index (κ1) is 43.7. The molecule has 0 aliphatic carbocycles. The fourth-order valence-corrected chi connectivity index (χ4v) is 5.99. The topological polar surface area (TPSA) is 203 Å². The fraction of sp³-hybridized carbons (Fsp3) is 0.410. The third-order valence-electron chi connectivity index (χ3n) is 8.00. The van der Waals surface area contributed by atoms with Crippen molar-refractivity contribution < 1.29 is 49.0 Å². The molecular weight excluding hydrogens is 720 g/mol. The normalized spacial score (nSPS) is 15.3. The Bertz CT molecular complexity index is 1890. The zero-order valence-corrected chi connectivity index (χ0v) is 32.1. The van der Waals surface area contributed by atoms with Gasteiger partial charge in [-0.2, -0.15) is 0 Å². The number of aliphatic hydroxyl groups excluding tert-OH is 3. The van der Waals surface area contributed by atoms with Crippen molar-refractivity contribution in [3.63, 3.8) is 0 Å². The lowest BCUT2D eigenvalue weighted by molar-refractivity contribution is -0.250. The number of aromatic amines is 1. The van der Waals surface area contributed by atoms with E-state index in [1.54, 1.807) is 68.1 Å². The van der Waals surface area contributed by atoms with Crippen molar-refractivity contribution in [2.24, 2.45) is 0 Å². The lowest BCUT2D eigenvalue weighted by Crippen LogP contribution is -2.42. The van der Waals surface area contributed by atoms with Crippen molar-refractivity contribution in [3.05, 3.63) is 79.0 Å². The highest BCUT2D eigenvalue weighted by Gasteiger charge is 2.36. The number of benzene rings is 3. The molecule has 14 nitrogen and oxygen atoms in total. The maximum Gasteiger partial charge on any atom is 0.408 e. The van der Waals surface area contributed by atoms with Crippen molar-refractivity contribution in [1.82, 2.24) is 10.3 Å². The summed E-state index contributed by atoms with van der Waals surface area (Å²) in [7, 11) is 0. The van der Waals surface area contributed by atoms with E-state index in [0.29, 0.717) is 27.7 Å². The van der Waals surface area contributed by atoms with Crippen LogP contribution >= 0.6 is 11.6 Å². The van der Waals surface area contributed by atoms with Crippen LogP contribution in [0.4, 0.5) is 16.2 Å². The summed E-state index contributed by atoms with van der Waals surface area (Å²) in [6.07, 6.45) is -6.83. The van der Waals surface area contributed by atoms with Crippen LogP contribution in [-0.4, -0.2) is 99.3 Å². The van der Waals surface area contributed by atoms with Gasteiger partial charge in [-0.1, -0.05) is 38.1 Å². The van der Waals surface area contributed by atoms with Crippen LogP contribution in [0.1, 0.15) is 63.5 Å². The van der Waals surface area contributed by atoms with E-state index >= 15 is 0 Å². The number of amides is 3. The number of H-pyrrole nitrogens is 1. The monoisotopic (exact) mass is 770 g/mol. The van der Waals surface area contributed by atoms with Gasteiger partial charge < -0.3 is 55.2 Å². The predicted molar refractivity (Wildman–Crippen MR) is 209 cm³/mol. The van der Waals surface area contributed by atoms with Crippen molar-refractivity contribution in [3.8, 4) is 5.75 Å². The minimum Gasteiger partial charge on any atom is -0.459 e. The third kappa shape index (κ3) is 10.7. The highest BCUT2D eigenvalue weighted by atomic mass is 35.5. The zero-order valence-electron chi connectivity index (χ0n) is 31.4. The predicted octanol–water partition coefficient (Wildman–Crippen LogP) is 5.37. The number of alkyl carbamates (subject to hydrolysis) is 1. The van der Waals surface area contributed by atoms with E-state index in [1.807, 2.05) is 26.0 Å². The van der Waals surface area contributed by atoms with E-state index in [1.165, 1.54) is 6.92 Å². The van der Waals surface area contributed by atoms with Gasteiger partial charge in [0.15, 0.2) is 0 Å². The molecule has 0 saturated heterocycles. The lowest BCUT2D eigenvalue weighted by atomic mass is 9.95. The first-order valence-electron chi connectivity index (χ1n) is 17.5. The summed E-state index contributed by atoms with van der Waals surface area (Å²) in [4.78, 5) is 43.2. The van der Waals surface area contributed by atoms with E-state index in [0.717, 1.165) is 10.9 Å². The molecule has 1 aliphatic rings. The second-order valence-corrected chi connectivity index (χ2v) is 13.3. The molecular formula is C39H51ClN4O10. The number of carbonyl (C=O) groups is 3. The van der Waals surface area contributed by atoms with E-state index < -0.39 is 49.0 Å².